The first-order valence-corrected chi connectivity index (χ1v) is 12.6. The van der Waals surface area contributed by atoms with Crippen LogP contribution in [0, 0.1) is 36.8 Å². The lowest BCUT2D eigenvalue weighted by molar-refractivity contribution is 0.141. The standard InChI is InChI=1S/C29H27F2N5O3/c1-16-9-19(10-17(2)34-16)21-11-18(15-32)12-22-26(21)35-28(25-5-4-6-33-25)36(29(22)37)20-13-23(30)27(24(31)14-20)39-8-7-38-3/h9-14,25,33H,4-8H2,1-3H3. The summed E-state index contributed by atoms with van der Waals surface area (Å²) in [5.41, 5.74) is 3.07. The molecule has 39 heavy (non-hydrogen) atoms. The summed E-state index contributed by atoms with van der Waals surface area (Å²) in [5, 5.41) is 13.3. The van der Waals surface area contributed by atoms with Gasteiger partial charge in [-0.05, 0) is 63.1 Å². The molecule has 1 fully saturated rings. The molecule has 8 nitrogen and oxygen atoms in total. The van der Waals surface area contributed by atoms with Gasteiger partial charge in [0.15, 0.2) is 17.4 Å². The highest BCUT2D eigenvalue weighted by molar-refractivity contribution is 5.94. The lowest BCUT2D eigenvalue weighted by Gasteiger charge is -2.20. The van der Waals surface area contributed by atoms with Crippen LogP contribution < -0.4 is 15.6 Å². The Kier molecular flexibility index (Phi) is 7.37. The van der Waals surface area contributed by atoms with E-state index in [0.29, 0.717) is 23.3 Å². The van der Waals surface area contributed by atoms with E-state index in [2.05, 4.69) is 16.4 Å². The van der Waals surface area contributed by atoms with Crippen LogP contribution >= 0.6 is 0 Å². The number of nitrogens with zero attached hydrogens (tertiary/aromatic N) is 4. The fourth-order valence-corrected chi connectivity index (χ4v) is 5.01. The van der Waals surface area contributed by atoms with Crippen LogP contribution in [0.4, 0.5) is 8.78 Å². The number of methoxy groups -OCH3 is 1. The van der Waals surface area contributed by atoms with Gasteiger partial charge in [0.2, 0.25) is 0 Å². The maximum atomic E-state index is 15.1. The third-order valence-corrected chi connectivity index (χ3v) is 6.67. The maximum absolute atomic E-state index is 15.1. The Labute approximate surface area is 223 Å². The van der Waals surface area contributed by atoms with Crippen LogP contribution in [0.1, 0.15) is 41.7 Å². The molecule has 0 amide bonds. The Morgan fingerprint density at radius 2 is 1.79 bits per heavy atom. The van der Waals surface area contributed by atoms with Crippen LogP contribution in [0.15, 0.2) is 41.2 Å². The molecule has 0 aliphatic carbocycles. The van der Waals surface area contributed by atoms with Crippen LogP contribution in [-0.4, -0.2) is 41.4 Å². The lowest BCUT2D eigenvalue weighted by atomic mass is 9.98. The topological polar surface area (TPSA) is 102 Å². The van der Waals surface area contributed by atoms with Gasteiger partial charge in [-0.15, -0.1) is 0 Å². The van der Waals surface area contributed by atoms with E-state index in [0.717, 1.165) is 42.0 Å². The molecule has 1 N–H and O–H groups in total. The van der Waals surface area contributed by atoms with Gasteiger partial charge >= 0.3 is 0 Å². The smallest absolute Gasteiger partial charge is 0.266 e. The molecular weight excluding hydrogens is 504 g/mol. The number of rotatable bonds is 7. The second-order valence-corrected chi connectivity index (χ2v) is 9.51. The number of halogens is 2. The van der Waals surface area contributed by atoms with Gasteiger partial charge < -0.3 is 14.8 Å². The van der Waals surface area contributed by atoms with Crippen LogP contribution in [-0.2, 0) is 4.74 Å². The third-order valence-electron chi connectivity index (χ3n) is 6.67. The molecule has 1 atom stereocenters. The summed E-state index contributed by atoms with van der Waals surface area (Å²) < 4.78 is 41.4. The van der Waals surface area contributed by atoms with E-state index in [1.807, 2.05) is 26.0 Å². The monoisotopic (exact) mass is 531 g/mol. The van der Waals surface area contributed by atoms with Crippen LogP contribution in [0.25, 0.3) is 27.7 Å². The molecule has 0 bridgehead atoms. The Hall–Kier alpha value is -4.20. The van der Waals surface area contributed by atoms with Crippen molar-refractivity contribution in [3.05, 3.63) is 81.2 Å². The molecule has 4 aromatic rings. The van der Waals surface area contributed by atoms with Gasteiger partial charge in [-0.25, -0.2) is 13.8 Å². The molecule has 0 spiro atoms. The molecule has 1 saturated heterocycles. The van der Waals surface area contributed by atoms with E-state index in [-0.39, 0.29) is 35.9 Å². The summed E-state index contributed by atoms with van der Waals surface area (Å²) in [6, 6.07) is 10.8. The molecule has 2 aromatic heterocycles. The zero-order valence-corrected chi connectivity index (χ0v) is 21.8. The van der Waals surface area contributed by atoms with Gasteiger partial charge in [-0.2, -0.15) is 5.26 Å². The fourth-order valence-electron chi connectivity index (χ4n) is 5.01. The number of hydrogen-bond acceptors (Lipinski definition) is 7. The van der Waals surface area contributed by atoms with E-state index in [9.17, 15) is 10.1 Å². The van der Waals surface area contributed by atoms with Crippen molar-refractivity contribution in [2.24, 2.45) is 0 Å². The third kappa shape index (κ3) is 5.11. The van der Waals surface area contributed by atoms with Crippen molar-refractivity contribution in [1.29, 1.82) is 5.26 Å². The fraction of sp³-hybridized carbons (Fsp3) is 0.310. The molecule has 1 unspecified atom stereocenters. The number of hydrogen-bond donors (Lipinski definition) is 1. The second kappa shape index (κ2) is 10.9. The highest BCUT2D eigenvalue weighted by Gasteiger charge is 2.26. The van der Waals surface area contributed by atoms with Gasteiger partial charge in [-0.1, -0.05) is 0 Å². The molecular formula is C29H27F2N5O3. The number of ether oxygens (including phenoxy) is 2. The summed E-state index contributed by atoms with van der Waals surface area (Å²) in [4.78, 5) is 23.4. The zero-order valence-electron chi connectivity index (χ0n) is 21.8. The van der Waals surface area contributed by atoms with Crippen molar-refractivity contribution in [2.45, 2.75) is 32.7 Å². The molecule has 0 radical (unpaired) electrons. The molecule has 0 saturated carbocycles. The van der Waals surface area contributed by atoms with E-state index >= 15 is 8.78 Å². The Morgan fingerprint density at radius 3 is 2.41 bits per heavy atom. The van der Waals surface area contributed by atoms with E-state index in [1.165, 1.54) is 17.7 Å². The largest absolute Gasteiger partial charge is 0.485 e. The van der Waals surface area contributed by atoms with E-state index in [4.69, 9.17) is 14.5 Å². The first-order valence-electron chi connectivity index (χ1n) is 12.6. The summed E-state index contributed by atoms with van der Waals surface area (Å²) in [6.07, 6.45) is 1.55. The van der Waals surface area contributed by atoms with Gasteiger partial charge in [0, 0.05) is 36.2 Å². The van der Waals surface area contributed by atoms with Crippen molar-refractivity contribution < 1.29 is 18.3 Å². The normalized spacial score (nSPS) is 15.0. The zero-order chi connectivity index (χ0) is 27.7. The summed E-state index contributed by atoms with van der Waals surface area (Å²) in [5.74, 6) is -2.11. The molecule has 3 heterocycles. The van der Waals surface area contributed by atoms with Crippen LogP contribution in [0.5, 0.6) is 5.75 Å². The number of fused-ring (bicyclic) bond motifs is 1. The van der Waals surface area contributed by atoms with E-state index in [1.54, 1.807) is 6.07 Å². The van der Waals surface area contributed by atoms with Gasteiger partial charge in [0.05, 0.1) is 40.9 Å². The summed E-state index contributed by atoms with van der Waals surface area (Å²) >= 11 is 0. The number of aryl methyl sites for hydroxylation is 2. The summed E-state index contributed by atoms with van der Waals surface area (Å²) in [6.45, 7) is 4.58. The average Bonchev–Trinajstić information content (AvgIpc) is 3.44. The SMILES string of the molecule is COCCOc1c(F)cc(-n2c(C3CCCN3)nc3c(-c4cc(C)nc(C)c4)cc(C#N)cc3c2=O)cc1F. The number of benzene rings is 2. The second-order valence-electron chi connectivity index (χ2n) is 9.51. The highest BCUT2D eigenvalue weighted by Crippen LogP contribution is 2.33. The Bertz CT molecular complexity index is 1630. The molecule has 200 valence electrons. The predicted octanol–water partition coefficient (Wildman–Crippen LogP) is 4.66. The van der Waals surface area contributed by atoms with Crippen LogP contribution in [0.2, 0.25) is 0 Å². The van der Waals surface area contributed by atoms with Crippen molar-refractivity contribution in [3.8, 4) is 28.6 Å². The predicted molar refractivity (Wildman–Crippen MR) is 142 cm³/mol. The maximum Gasteiger partial charge on any atom is 0.266 e. The molecule has 1 aliphatic heterocycles. The van der Waals surface area contributed by atoms with Crippen molar-refractivity contribution in [3.63, 3.8) is 0 Å². The van der Waals surface area contributed by atoms with Crippen molar-refractivity contribution in [2.75, 3.05) is 26.9 Å². The van der Waals surface area contributed by atoms with Crippen molar-refractivity contribution >= 4 is 10.9 Å². The minimum absolute atomic E-state index is 0.0216. The highest BCUT2D eigenvalue weighted by atomic mass is 19.1. The molecule has 10 heteroatoms. The van der Waals surface area contributed by atoms with Crippen molar-refractivity contribution in [1.82, 2.24) is 19.9 Å². The lowest BCUT2D eigenvalue weighted by Crippen LogP contribution is -2.29. The van der Waals surface area contributed by atoms with Gasteiger partial charge in [-0.3, -0.25) is 14.3 Å². The number of pyridine rings is 1. The van der Waals surface area contributed by atoms with Gasteiger partial charge in [0.1, 0.15) is 12.4 Å². The quantitative estimate of drug-likeness (QED) is 0.346. The van der Waals surface area contributed by atoms with E-state index < -0.39 is 22.9 Å². The Morgan fingerprint density at radius 1 is 1.08 bits per heavy atom. The number of nitrogens with one attached hydrogen (secondary N) is 1. The first kappa shape index (κ1) is 26.4. The average molecular weight is 532 g/mol. The molecule has 5 rings (SSSR count). The van der Waals surface area contributed by atoms with Gasteiger partial charge in [0.25, 0.3) is 5.56 Å². The molecule has 1 aliphatic rings. The van der Waals surface area contributed by atoms with Crippen LogP contribution in [0.3, 0.4) is 0 Å². The minimum Gasteiger partial charge on any atom is -0.485 e. The number of nitriles is 1. The summed E-state index contributed by atoms with van der Waals surface area (Å²) in [7, 11) is 1.46. The Balaban J connectivity index is 1.79. The molecule has 2 aromatic carbocycles. The number of aromatic nitrogens is 3. The first-order chi connectivity index (χ1) is 18.8. The minimum atomic E-state index is -0.951.